The quantitative estimate of drug-likeness (QED) is 0.568. The van der Waals surface area contributed by atoms with Crippen LogP contribution in [0, 0.1) is 11.8 Å². The average Bonchev–Trinajstić information content (AvgIpc) is 2.54. The third-order valence-electron chi connectivity index (χ3n) is 3.16. The van der Waals surface area contributed by atoms with Crippen molar-refractivity contribution in [2.24, 2.45) is 0 Å². The van der Waals surface area contributed by atoms with Crippen molar-refractivity contribution < 1.29 is 4.74 Å². The fourth-order valence-corrected chi connectivity index (χ4v) is 2.03. The van der Waals surface area contributed by atoms with Gasteiger partial charge in [0.1, 0.15) is 12.4 Å². The predicted molar refractivity (Wildman–Crippen MR) is 88.8 cm³/mol. The van der Waals surface area contributed by atoms with E-state index in [0.717, 1.165) is 23.3 Å². The van der Waals surface area contributed by atoms with Gasteiger partial charge in [0, 0.05) is 12.3 Å². The molecule has 0 saturated carbocycles. The van der Waals surface area contributed by atoms with Crippen LogP contribution in [0.2, 0.25) is 0 Å². The molecule has 0 saturated heterocycles. The van der Waals surface area contributed by atoms with Crippen molar-refractivity contribution in [1.82, 2.24) is 0 Å². The number of rotatable bonds is 5. The van der Waals surface area contributed by atoms with Crippen LogP contribution in [-0.2, 0) is 13.0 Å². The zero-order valence-electron chi connectivity index (χ0n) is 12.2. The summed E-state index contributed by atoms with van der Waals surface area (Å²) in [6.45, 7) is 2.71. The highest BCUT2D eigenvalue weighted by Gasteiger charge is 2.01. The van der Waals surface area contributed by atoms with Crippen LogP contribution < -0.4 is 4.74 Å². The Kier molecular flexibility index (Phi) is 6.19. The highest BCUT2D eigenvalue weighted by molar-refractivity contribution is 6.18. The van der Waals surface area contributed by atoms with Gasteiger partial charge in [-0.3, -0.25) is 0 Å². The van der Waals surface area contributed by atoms with Gasteiger partial charge < -0.3 is 4.74 Å². The first-order chi connectivity index (χ1) is 10.3. The molecule has 0 unspecified atom stereocenters. The molecular weight excluding hydrogens is 280 g/mol. The lowest BCUT2D eigenvalue weighted by molar-refractivity contribution is 0.305. The summed E-state index contributed by atoms with van der Waals surface area (Å²) >= 11 is 5.64. The van der Waals surface area contributed by atoms with Gasteiger partial charge in [0.05, 0.1) is 5.56 Å². The fraction of sp³-hybridized carbons (Fsp3) is 0.263. The topological polar surface area (TPSA) is 9.23 Å². The molecule has 0 aromatic heterocycles. The van der Waals surface area contributed by atoms with E-state index in [1.165, 1.54) is 5.56 Å². The third-order valence-corrected chi connectivity index (χ3v) is 3.34. The second-order valence-corrected chi connectivity index (χ2v) is 5.07. The van der Waals surface area contributed by atoms with Gasteiger partial charge in [0.2, 0.25) is 0 Å². The third kappa shape index (κ3) is 4.85. The van der Waals surface area contributed by atoms with E-state index in [0.29, 0.717) is 18.9 Å². The molecule has 0 N–H and O–H groups in total. The Hall–Kier alpha value is -1.91. The summed E-state index contributed by atoms with van der Waals surface area (Å²) in [4.78, 5) is 0. The molecule has 0 heterocycles. The number of hydrogen-bond acceptors (Lipinski definition) is 1. The summed E-state index contributed by atoms with van der Waals surface area (Å²) in [5.41, 5.74) is 3.41. The van der Waals surface area contributed by atoms with Gasteiger partial charge in [0.25, 0.3) is 0 Å². The number of benzene rings is 2. The lowest BCUT2D eigenvalue weighted by Crippen LogP contribution is -1.97. The van der Waals surface area contributed by atoms with Gasteiger partial charge in [-0.1, -0.05) is 55.2 Å². The van der Waals surface area contributed by atoms with Crippen molar-refractivity contribution in [3.63, 3.8) is 0 Å². The highest BCUT2D eigenvalue weighted by Crippen LogP contribution is 2.18. The first kappa shape index (κ1) is 15.5. The molecule has 1 nitrogen and oxygen atoms in total. The van der Waals surface area contributed by atoms with Gasteiger partial charge in [0.15, 0.2) is 0 Å². The Morgan fingerprint density at radius 2 is 1.71 bits per heavy atom. The van der Waals surface area contributed by atoms with Crippen LogP contribution in [0.5, 0.6) is 5.75 Å². The predicted octanol–water partition coefficient (Wildman–Crippen LogP) is 4.81. The molecule has 2 heteroatoms. The number of halogens is 1. The van der Waals surface area contributed by atoms with Crippen LogP contribution in [0.25, 0.3) is 0 Å². The number of alkyl halides is 1. The van der Waals surface area contributed by atoms with E-state index in [-0.39, 0.29) is 0 Å². The zero-order valence-corrected chi connectivity index (χ0v) is 13.0. The van der Waals surface area contributed by atoms with E-state index in [4.69, 9.17) is 16.3 Å². The normalized spacial score (nSPS) is 9.81. The van der Waals surface area contributed by atoms with Gasteiger partial charge in [-0.05, 0) is 29.7 Å². The average molecular weight is 299 g/mol. The monoisotopic (exact) mass is 298 g/mol. The summed E-state index contributed by atoms with van der Waals surface area (Å²) in [6, 6.07) is 16.4. The van der Waals surface area contributed by atoms with Crippen molar-refractivity contribution in [2.75, 3.05) is 5.88 Å². The molecule has 0 aliphatic carbocycles. The Balaban J connectivity index is 2.04. The minimum Gasteiger partial charge on any atom is -0.488 e. The first-order valence-electron chi connectivity index (χ1n) is 7.18. The standard InChI is InChI=1S/C19H19ClO/c1-2-16-10-12-17(13-11-16)15-21-19-9-4-3-7-18(19)8-5-6-14-20/h3-4,7,9-13H,2,6,14-15H2,1H3. The molecule has 108 valence electrons. The molecule has 0 bridgehead atoms. The van der Waals surface area contributed by atoms with Gasteiger partial charge in [-0.2, -0.15) is 0 Å². The number of para-hydroxylation sites is 1. The van der Waals surface area contributed by atoms with Crippen molar-refractivity contribution in [3.05, 3.63) is 65.2 Å². The highest BCUT2D eigenvalue weighted by atomic mass is 35.5. The molecule has 0 radical (unpaired) electrons. The molecule has 2 aromatic rings. The fourth-order valence-electron chi connectivity index (χ4n) is 1.93. The molecule has 2 rings (SSSR count). The minimum atomic E-state index is 0.554. The Labute approximate surface area is 131 Å². The van der Waals surface area contributed by atoms with E-state index < -0.39 is 0 Å². The van der Waals surface area contributed by atoms with Gasteiger partial charge in [-0.25, -0.2) is 0 Å². The molecule has 0 amide bonds. The Morgan fingerprint density at radius 1 is 1.00 bits per heavy atom. The molecule has 2 aromatic carbocycles. The van der Waals surface area contributed by atoms with Crippen LogP contribution in [0.3, 0.4) is 0 Å². The molecule has 0 aliphatic heterocycles. The maximum absolute atomic E-state index is 5.89. The zero-order chi connectivity index (χ0) is 14.9. The molecule has 21 heavy (non-hydrogen) atoms. The Morgan fingerprint density at radius 3 is 2.43 bits per heavy atom. The summed E-state index contributed by atoms with van der Waals surface area (Å²) in [5.74, 6) is 7.53. The van der Waals surface area contributed by atoms with Gasteiger partial charge in [-0.15, -0.1) is 11.6 Å². The van der Waals surface area contributed by atoms with Crippen molar-refractivity contribution >= 4 is 11.6 Å². The SMILES string of the molecule is CCc1ccc(COc2ccccc2C#CCCCl)cc1. The van der Waals surface area contributed by atoms with Crippen molar-refractivity contribution in [1.29, 1.82) is 0 Å². The lowest BCUT2D eigenvalue weighted by atomic mass is 10.1. The van der Waals surface area contributed by atoms with E-state index in [1.54, 1.807) is 0 Å². The van der Waals surface area contributed by atoms with E-state index in [9.17, 15) is 0 Å². The lowest BCUT2D eigenvalue weighted by Gasteiger charge is -2.08. The summed E-state index contributed by atoms with van der Waals surface area (Å²) < 4.78 is 5.89. The summed E-state index contributed by atoms with van der Waals surface area (Å²) in [6.07, 6.45) is 1.74. The van der Waals surface area contributed by atoms with Crippen LogP contribution >= 0.6 is 11.6 Å². The number of ether oxygens (including phenoxy) is 1. The van der Waals surface area contributed by atoms with E-state index in [1.807, 2.05) is 24.3 Å². The second kappa shape index (κ2) is 8.39. The molecule has 0 aliphatic rings. The van der Waals surface area contributed by atoms with E-state index in [2.05, 4.69) is 43.0 Å². The molecule has 0 spiro atoms. The smallest absolute Gasteiger partial charge is 0.135 e. The van der Waals surface area contributed by atoms with Gasteiger partial charge >= 0.3 is 0 Å². The largest absolute Gasteiger partial charge is 0.488 e. The summed E-state index contributed by atoms with van der Waals surface area (Å²) in [7, 11) is 0. The maximum atomic E-state index is 5.89. The van der Waals surface area contributed by atoms with Crippen molar-refractivity contribution in [2.45, 2.75) is 26.4 Å². The molecule has 0 fully saturated rings. The van der Waals surface area contributed by atoms with Crippen LogP contribution in [0.1, 0.15) is 30.0 Å². The number of hydrogen-bond donors (Lipinski definition) is 0. The molecule has 0 atom stereocenters. The maximum Gasteiger partial charge on any atom is 0.135 e. The number of aryl methyl sites for hydroxylation is 1. The van der Waals surface area contributed by atoms with Crippen LogP contribution in [0.4, 0.5) is 0 Å². The molecular formula is C19H19ClO. The van der Waals surface area contributed by atoms with Crippen molar-refractivity contribution in [3.8, 4) is 17.6 Å². The van der Waals surface area contributed by atoms with E-state index >= 15 is 0 Å². The van der Waals surface area contributed by atoms with Crippen LogP contribution in [0.15, 0.2) is 48.5 Å². The first-order valence-corrected chi connectivity index (χ1v) is 7.71. The minimum absolute atomic E-state index is 0.554. The Bertz CT molecular complexity index is 620. The summed E-state index contributed by atoms with van der Waals surface area (Å²) in [5, 5.41) is 0. The van der Waals surface area contributed by atoms with Crippen LogP contribution in [-0.4, -0.2) is 5.88 Å². The second-order valence-electron chi connectivity index (χ2n) is 4.70.